The number of hydrogen-bond donors (Lipinski definition) is 0. The standard InChI is InChI=1S/C28H23N3O2/c32-26-27(33)31(25-19-11-4-12-20-25)28(30(26)24-17-9-3-10-18-24)29(23-15-7-2-8-16-23)21-22-13-5-1-6-14-22/h1-20,28H,21H2. The Hall–Kier alpha value is -4.38. The number of rotatable bonds is 6. The first-order valence-corrected chi connectivity index (χ1v) is 10.9. The third kappa shape index (κ3) is 3.96. The first-order chi connectivity index (χ1) is 16.2. The summed E-state index contributed by atoms with van der Waals surface area (Å²) in [5, 5.41) is 0. The summed E-state index contributed by atoms with van der Waals surface area (Å²) >= 11 is 0. The van der Waals surface area contributed by atoms with Crippen LogP contribution in [0.5, 0.6) is 0 Å². The molecule has 5 rings (SSSR count). The monoisotopic (exact) mass is 433 g/mol. The van der Waals surface area contributed by atoms with Gasteiger partial charge in [-0.3, -0.25) is 19.4 Å². The number of carbonyl (C=O) groups excluding carboxylic acids is 2. The number of nitrogens with zero attached hydrogens (tertiary/aromatic N) is 3. The van der Waals surface area contributed by atoms with E-state index in [1.165, 1.54) is 0 Å². The van der Waals surface area contributed by atoms with Crippen molar-refractivity contribution in [3.8, 4) is 0 Å². The molecule has 162 valence electrons. The molecule has 1 fully saturated rings. The van der Waals surface area contributed by atoms with Crippen LogP contribution >= 0.6 is 0 Å². The lowest BCUT2D eigenvalue weighted by molar-refractivity contribution is -0.133. The van der Waals surface area contributed by atoms with Gasteiger partial charge in [0.05, 0.1) is 0 Å². The van der Waals surface area contributed by atoms with Crippen molar-refractivity contribution in [3.05, 3.63) is 127 Å². The maximum Gasteiger partial charge on any atom is 0.320 e. The summed E-state index contributed by atoms with van der Waals surface area (Å²) in [6, 6.07) is 38.7. The van der Waals surface area contributed by atoms with Crippen molar-refractivity contribution in [2.75, 3.05) is 14.7 Å². The quantitative estimate of drug-likeness (QED) is 0.400. The number of carbonyl (C=O) groups is 2. The number of para-hydroxylation sites is 3. The highest BCUT2D eigenvalue weighted by Crippen LogP contribution is 2.35. The van der Waals surface area contributed by atoms with Crippen LogP contribution < -0.4 is 14.7 Å². The lowest BCUT2D eigenvalue weighted by Gasteiger charge is -2.40. The van der Waals surface area contributed by atoms with Crippen LogP contribution in [0.1, 0.15) is 5.56 Å². The molecule has 0 atom stereocenters. The zero-order chi connectivity index (χ0) is 22.6. The van der Waals surface area contributed by atoms with Crippen molar-refractivity contribution in [2.45, 2.75) is 12.8 Å². The van der Waals surface area contributed by atoms with Crippen LogP contribution in [-0.2, 0) is 16.1 Å². The van der Waals surface area contributed by atoms with E-state index < -0.39 is 18.1 Å². The van der Waals surface area contributed by atoms with Crippen LogP contribution in [0, 0.1) is 0 Å². The van der Waals surface area contributed by atoms with Crippen molar-refractivity contribution in [3.63, 3.8) is 0 Å². The Morgan fingerprint density at radius 2 is 0.939 bits per heavy atom. The van der Waals surface area contributed by atoms with Gasteiger partial charge in [0, 0.05) is 23.6 Å². The van der Waals surface area contributed by atoms with E-state index in [1.807, 2.05) is 121 Å². The maximum atomic E-state index is 13.4. The minimum atomic E-state index is -0.669. The SMILES string of the molecule is O=C1C(=O)N(c2ccccc2)C(N(Cc2ccccc2)c2ccccc2)N1c1ccccc1. The van der Waals surface area contributed by atoms with E-state index in [2.05, 4.69) is 4.90 Å². The summed E-state index contributed by atoms with van der Waals surface area (Å²) in [7, 11) is 0. The molecule has 0 aromatic heterocycles. The highest BCUT2D eigenvalue weighted by Gasteiger charge is 2.49. The molecule has 5 heteroatoms. The van der Waals surface area contributed by atoms with Crippen molar-refractivity contribution < 1.29 is 9.59 Å². The fourth-order valence-electron chi connectivity index (χ4n) is 4.19. The van der Waals surface area contributed by atoms with Crippen LogP contribution in [0.25, 0.3) is 0 Å². The summed E-state index contributed by atoms with van der Waals surface area (Å²) in [5.74, 6) is -1.10. The Bertz CT molecular complexity index is 1170. The van der Waals surface area contributed by atoms with E-state index in [9.17, 15) is 9.59 Å². The second kappa shape index (κ2) is 9.01. The fourth-order valence-corrected chi connectivity index (χ4v) is 4.19. The van der Waals surface area contributed by atoms with E-state index >= 15 is 0 Å². The number of amides is 2. The molecular weight excluding hydrogens is 410 g/mol. The van der Waals surface area contributed by atoms with Gasteiger partial charge >= 0.3 is 11.8 Å². The second-order valence-electron chi connectivity index (χ2n) is 7.82. The van der Waals surface area contributed by atoms with Crippen LogP contribution in [0.3, 0.4) is 0 Å². The first kappa shape index (κ1) is 20.5. The predicted octanol–water partition coefficient (Wildman–Crippen LogP) is 5.06. The van der Waals surface area contributed by atoms with Gasteiger partial charge < -0.3 is 4.90 Å². The third-order valence-corrected chi connectivity index (χ3v) is 5.71. The second-order valence-corrected chi connectivity index (χ2v) is 7.82. The normalized spacial score (nSPS) is 14.1. The molecule has 33 heavy (non-hydrogen) atoms. The molecule has 0 saturated carbocycles. The first-order valence-electron chi connectivity index (χ1n) is 10.9. The highest BCUT2D eigenvalue weighted by atomic mass is 16.2. The Labute approximate surface area is 193 Å². The van der Waals surface area contributed by atoms with E-state index in [-0.39, 0.29) is 0 Å². The van der Waals surface area contributed by atoms with Crippen LogP contribution in [-0.4, -0.2) is 18.1 Å². The topological polar surface area (TPSA) is 43.9 Å². The van der Waals surface area contributed by atoms with Crippen molar-refractivity contribution in [2.24, 2.45) is 0 Å². The Morgan fingerprint density at radius 1 is 0.545 bits per heavy atom. The average Bonchev–Trinajstić information content (AvgIpc) is 3.15. The molecular formula is C28H23N3O2. The minimum Gasteiger partial charge on any atom is -0.329 e. The average molecular weight is 434 g/mol. The molecule has 4 aromatic rings. The molecule has 1 heterocycles. The molecule has 0 aliphatic carbocycles. The molecule has 1 aliphatic rings. The van der Waals surface area contributed by atoms with E-state index in [0.29, 0.717) is 17.9 Å². The van der Waals surface area contributed by atoms with Crippen LogP contribution in [0.4, 0.5) is 17.1 Å². The number of anilines is 3. The predicted molar refractivity (Wildman–Crippen MR) is 131 cm³/mol. The Morgan fingerprint density at radius 3 is 1.39 bits per heavy atom. The summed E-state index contributed by atoms with van der Waals surface area (Å²) in [4.78, 5) is 32.1. The Kier molecular flexibility index (Phi) is 5.60. The molecule has 0 N–H and O–H groups in total. The summed E-state index contributed by atoms with van der Waals surface area (Å²) < 4.78 is 0. The van der Waals surface area contributed by atoms with Crippen molar-refractivity contribution >= 4 is 28.9 Å². The molecule has 2 amide bonds. The molecule has 4 aromatic carbocycles. The van der Waals surface area contributed by atoms with Gasteiger partial charge in [-0.2, -0.15) is 0 Å². The summed E-state index contributed by atoms with van der Waals surface area (Å²) in [6.07, 6.45) is -0.669. The van der Waals surface area contributed by atoms with E-state index in [4.69, 9.17) is 0 Å². The zero-order valence-electron chi connectivity index (χ0n) is 18.0. The highest BCUT2D eigenvalue weighted by molar-refractivity contribution is 6.48. The smallest absolute Gasteiger partial charge is 0.320 e. The number of hydrogen-bond acceptors (Lipinski definition) is 3. The van der Waals surface area contributed by atoms with Crippen molar-refractivity contribution in [1.82, 2.24) is 0 Å². The molecule has 0 radical (unpaired) electrons. The molecule has 5 nitrogen and oxygen atoms in total. The summed E-state index contributed by atoms with van der Waals surface area (Å²) in [6.45, 7) is 0.517. The van der Waals surface area contributed by atoms with Gasteiger partial charge in [0.15, 0.2) is 6.29 Å². The van der Waals surface area contributed by atoms with Gasteiger partial charge in [-0.25, -0.2) is 0 Å². The lowest BCUT2D eigenvalue weighted by Crippen LogP contribution is -2.53. The molecule has 1 aliphatic heterocycles. The molecule has 0 unspecified atom stereocenters. The number of benzene rings is 4. The van der Waals surface area contributed by atoms with E-state index in [1.54, 1.807) is 9.80 Å². The van der Waals surface area contributed by atoms with Gasteiger partial charge in [0.25, 0.3) is 0 Å². The largest absolute Gasteiger partial charge is 0.329 e. The third-order valence-electron chi connectivity index (χ3n) is 5.71. The molecule has 0 spiro atoms. The van der Waals surface area contributed by atoms with Gasteiger partial charge in [0.1, 0.15) is 0 Å². The van der Waals surface area contributed by atoms with Gasteiger partial charge in [-0.05, 0) is 42.0 Å². The maximum absolute atomic E-state index is 13.4. The molecule has 0 bridgehead atoms. The lowest BCUT2D eigenvalue weighted by atomic mass is 10.2. The summed E-state index contributed by atoms with van der Waals surface area (Å²) in [5.41, 5.74) is 3.34. The zero-order valence-corrected chi connectivity index (χ0v) is 18.0. The van der Waals surface area contributed by atoms with Crippen molar-refractivity contribution in [1.29, 1.82) is 0 Å². The van der Waals surface area contributed by atoms with Gasteiger partial charge in [0.2, 0.25) is 0 Å². The van der Waals surface area contributed by atoms with Crippen LogP contribution in [0.15, 0.2) is 121 Å². The van der Waals surface area contributed by atoms with Crippen LogP contribution in [0.2, 0.25) is 0 Å². The van der Waals surface area contributed by atoms with Gasteiger partial charge in [-0.1, -0.05) is 84.9 Å². The minimum absolute atomic E-state index is 0.517. The van der Waals surface area contributed by atoms with Gasteiger partial charge in [-0.15, -0.1) is 0 Å². The van der Waals surface area contributed by atoms with E-state index in [0.717, 1.165) is 11.3 Å². The Balaban J connectivity index is 1.69. The fraction of sp³-hybridized carbons (Fsp3) is 0.0714. The molecule has 1 saturated heterocycles.